The zero-order chi connectivity index (χ0) is 19.5. The minimum absolute atomic E-state index is 0.00141. The second-order valence-electron chi connectivity index (χ2n) is 6.86. The minimum atomic E-state index is -0.426. The molecule has 1 N–H and O–H groups in total. The minimum Gasteiger partial charge on any atom is -0.468 e. The highest BCUT2D eigenvalue weighted by molar-refractivity contribution is 5.93. The summed E-state index contributed by atoms with van der Waals surface area (Å²) in [5.74, 6) is 0.351. The van der Waals surface area contributed by atoms with E-state index in [1.54, 1.807) is 18.4 Å². The molecule has 1 aliphatic heterocycles. The van der Waals surface area contributed by atoms with Crippen LogP contribution in [0.4, 0.5) is 0 Å². The van der Waals surface area contributed by atoms with E-state index in [-0.39, 0.29) is 17.2 Å². The van der Waals surface area contributed by atoms with E-state index in [1.807, 2.05) is 25.1 Å². The monoisotopic (exact) mass is 382 g/mol. The molecule has 1 amide bonds. The summed E-state index contributed by atoms with van der Waals surface area (Å²) in [5.41, 5.74) is 1.13. The van der Waals surface area contributed by atoms with Gasteiger partial charge in [0.2, 0.25) is 0 Å². The second-order valence-corrected chi connectivity index (χ2v) is 6.86. The van der Waals surface area contributed by atoms with Crippen molar-refractivity contribution in [2.24, 2.45) is 0 Å². The van der Waals surface area contributed by atoms with Crippen LogP contribution in [0.2, 0.25) is 0 Å². The van der Waals surface area contributed by atoms with Crippen LogP contribution in [0.15, 0.2) is 56.3 Å². The average molecular weight is 382 g/mol. The van der Waals surface area contributed by atoms with E-state index in [0.29, 0.717) is 30.7 Å². The number of amides is 1. The number of rotatable bonds is 5. The van der Waals surface area contributed by atoms with Crippen molar-refractivity contribution in [1.82, 2.24) is 10.2 Å². The Balaban J connectivity index is 1.53. The van der Waals surface area contributed by atoms with Crippen LogP contribution in [0.1, 0.15) is 27.9 Å². The number of nitrogens with one attached hydrogen (secondary N) is 1. The van der Waals surface area contributed by atoms with E-state index in [1.165, 1.54) is 6.07 Å². The highest BCUT2D eigenvalue weighted by atomic mass is 16.5. The normalized spacial score (nSPS) is 16.2. The summed E-state index contributed by atoms with van der Waals surface area (Å²) in [6.07, 6.45) is 1.62. The number of hydrogen-bond donors (Lipinski definition) is 1. The molecule has 1 fully saturated rings. The van der Waals surface area contributed by atoms with Gasteiger partial charge in [-0.25, -0.2) is 0 Å². The van der Waals surface area contributed by atoms with Gasteiger partial charge in [-0.2, -0.15) is 0 Å². The zero-order valence-corrected chi connectivity index (χ0v) is 15.6. The quantitative estimate of drug-likeness (QED) is 0.730. The van der Waals surface area contributed by atoms with Crippen molar-refractivity contribution in [2.75, 3.05) is 32.8 Å². The lowest BCUT2D eigenvalue weighted by Gasteiger charge is -2.33. The standard InChI is InChI=1S/C21H22N2O5/c1-14-4-5-18-15(11-14)17(24)12-20(28-18)21(25)22-13-16(19-3-2-8-27-19)23-6-9-26-10-7-23/h2-5,8,11-12,16H,6-7,9-10,13H2,1H3,(H,22,25)/t16-/m1/s1. The first-order valence-corrected chi connectivity index (χ1v) is 9.30. The fourth-order valence-corrected chi connectivity index (χ4v) is 3.44. The number of nitrogens with zero attached hydrogens (tertiary/aromatic N) is 1. The molecule has 146 valence electrons. The molecule has 1 atom stereocenters. The van der Waals surface area contributed by atoms with E-state index in [9.17, 15) is 9.59 Å². The summed E-state index contributed by atoms with van der Waals surface area (Å²) in [4.78, 5) is 27.2. The van der Waals surface area contributed by atoms with Gasteiger partial charge in [0.05, 0.1) is 30.9 Å². The molecule has 2 aromatic heterocycles. The fraction of sp³-hybridized carbons (Fsp3) is 0.333. The summed E-state index contributed by atoms with van der Waals surface area (Å²) in [6.45, 7) is 5.04. The number of carbonyl (C=O) groups excluding carboxylic acids is 1. The molecule has 1 aliphatic rings. The smallest absolute Gasteiger partial charge is 0.287 e. The predicted molar refractivity (Wildman–Crippen MR) is 103 cm³/mol. The topological polar surface area (TPSA) is 84.9 Å². The van der Waals surface area contributed by atoms with Gasteiger partial charge in [0.15, 0.2) is 11.2 Å². The summed E-state index contributed by atoms with van der Waals surface area (Å²) < 4.78 is 16.6. The van der Waals surface area contributed by atoms with Crippen molar-refractivity contribution in [2.45, 2.75) is 13.0 Å². The summed E-state index contributed by atoms with van der Waals surface area (Å²) in [6, 6.07) is 10.2. The largest absolute Gasteiger partial charge is 0.468 e. The van der Waals surface area contributed by atoms with Crippen molar-refractivity contribution < 1.29 is 18.4 Å². The van der Waals surface area contributed by atoms with E-state index in [2.05, 4.69) is 10.2 Å². The second kappa shape index (κ2) is 8.00. The van der Waals surface area contributed by atoms with Crippen LogP contribution in [0.25, 0.3) is 11.0 Å². The number of furan rings is 1. The van der Waals surface area contributed by atoms with Gasteiger partial charge in [-0.1, -0.05) is 11.6 Å². The van der Waals surface area contributed by atoms with Crippen molar-refractivity contribution >= 4 is 16.9 Å². The van der Waals surface area contributed by atoms with Gasteiger partial charge < -0.3 is 18.9 Å². The third-order valence-electron chi connectivity index (χ3n) is 4.92. The van der Waals surface area contributed by atoms with E-state index >= 15 is 0 Å². The van der Waals surface area contributed by atoms with E-state index < -0.39 is 5.91 Å². The Kier molecular flexibility index (Phi) is 5.27. The molecule has 0 saturated carbocycles. The number of carbonyl (C=O) groups is 1. The molecule has 7 nitrogen and oxygen atoms in total. The summed E-state index contributed by atoms with van der Waals surface area (Å²) >= 11 is 0. The first kappa shape index (κ1) is 18.5. The Labute approximate surface area is 161 Å². The van der Waals surface area contributed by atoms with Crippen molar-refractivity contribution in [1.29, 1.82) is 0 Å². The Morgan fingerprint density at radius 2 is 2.04 bits per heavy atom. The maximum Gasteiger partial charge on any atom is 0.287 e. The highest BCUT2D eigenvalue weighted by Crippen LogP contribution is 2.22. The van der Waals surface area contributed by atoms with Crippen LogP contribution in [0, 0.1) is 6.92 Å². The molecule has 3 aromatic rings. The van der Waals surface area contributed by atoms with Crippen molar-refractivity contribution in [3.05, 3.63) is 70.0 Å². The molecule has 0 bridgehead atoms. The third-order valence-corrected chi connectivity index (χ3v) is 4.92. The maximum atomic E-state index is 12.6. The van der Waals surface area contributed by atoms with Gasteiger partial charge in [0.1, 0.15) is 11.3 Å². The Morgan fingerprint density at radius 3 is 2.79 bits per heavy atom. The summed E-state index contributed by atoms with van der Waals surface area (Å²) in [7, 11) is 0. The average Bonchev–Trinajstić information content (AvgIpc) is 3.24. The first-order valence-electron chi connectivity index (χ1n) is 9.30. The van der Waals surface area contributed by atoms with Crippen LogP contribution >= 0.6 is 0 Å². The third kappa shape index (κ3) is 3.85. The SMILES string of the molecule is Cc1ccc2oc(C(=O)NC[C@H](c3ccco3)N3CCOCC3)cc(=O)c2c1. The fourth-order valence-electron chi connectivity index (χ4n) is 3.44. The van der Waals surface area contributed by atoms with Gasteiger partial charge in [-0.15, -0.1) is 0 Å². The molecule has 28 heavy (non-hydrogen) atoms. The Morgan fingerprint density at radius 1 is 1.21 bits per heavy atom. The molecule has 0 aliphatic carbocycles. The van der Waals surface area contributed by atoms with Gasteiger partial charge in [-0.3, -0.25) is 14.5 Å². The Hall–Kier alpha value is -2.90. The lowest BCUT2D eigenvalue weighted by molar-refractivity contribution is 0.0117. The van der Waals surface area contributed by atoms with E-state index in [0.717, 1.165) is 24.4 Å². The molecular formula is C21H22N2O5. The van der Waals surface area contributed by atoms with Gasteiger partial charge in [0.25, 0.3) is 5.91 Å². The van der Waals surface area contributed by atoms with Crippen LogP contribution in [0.3, 0.4) is 0 Å². The molecule has 1 aromatic carbocycles. The molecule has 3 heterocycles. The van der Waals surface area contributed by atoms with Crippen LogP contribution in [-0.4, -0.2) is 43.7 Å². The lowest BCUT2D eigenvalue weighted by atomic mass is 10.1. The van der Waals surface area contributed by atoms with Gasteiger partial charge in [0, 0.05) is 25.7 Å². The maximum absolute atomic E-state index is 12.6. The van der Waals surface area contributed by atoms with Crippen LogP contribution in [0.5, 0.6) is 0 Å². The van der Waals surface area contributed by atoms with Crippen LogP contribution in [-0.2, 0) is 4.74 Å². The van der Waals surface area contributed by atoms with Gasteiger partial charge >= 0.3 is 0 Å². The molecule has 1 saturated heterocycles. The number of benzene rings is 1. The number of aryl methyl sites for hydroxylation is 1. The van der Waals surface area contributed by atoms with Crippen LogP contribution < -0.4 is 10.7 Å². The molecule has 7 heteroatoms. The van der Waals surface area contributed by atoms with Crippen molar-refractivity contribution in [3.63, 3.8) is 0 Å². The number of morpholine rings is 1. The summed E-state index contributed by atoms with van der Waals surface area (Å²) in [5, 5.41) is 3.34. The molecule has 0 spiro atoms. The molecule has 0 unspecified atom stereocenters. The van der Waals surface area contributed by atoms with Gasteiger partial charge in [-0.05, 0) is 31.2 Å². The lowest BCUT2D eigenvalue weighted by Crippen LogP contribution is -2.43. The Bertz CT molecular complexity index is 1020. The van der Waals surface area contributed by atoms with E-state index in [4.69, 9.17) is 13.6 Å². The predicted octanol–water partition coefficient (Wildman–Crippen LogP) is 2.50. The first-order chi connectivity index (χ1) is 13.6. The molecule has 4 rings (SSSR count). The molecular weight excluding hydrogens is 360 g/mol. The molecule has 0 radical (unpaired) electrons. The highest BCUT2D eigenvalue weighted by Gasteiger charge is 2.26. The zero-order valence-electron chi connectivity index (χ0n) is 15.6. The number of hydrogen-bond acceptors (Lipinski definition) is 6. The number of ether oxygens (including phenoxy) is 1. The number of fused-ring (bicyclic) bond motifs is 1. The van der Waals surface area contributed by atoms with Crippen molar-refractivity contribution in [3.8, 4) is 0 Å².